The number of imidazole rings is 1. The van der Waals surface area contributed by atoms with E-state index in [0.717, 1.165) is 12.1 Å². The molecule has 2 aliphatic rings. The first-order chi connectivity index (χ1) is 17.9. The Hall–Kier alpha value is -3.70. The number of nitrogens with zero attached hydrogens (tertiary/aromatic N) is 1. The van der Waals surface area contributed by atoms with Crippen LogP contribution in [0.1, 0.15) is 43.4 Å². The van der Waals surface area contributed by atoms with Crippen molar-refractivity contribution in [2.24, 2.45) is 0 Å². The Bertz CT molecular complexity index is 1550. The molecule has 0 radical (unpaired) electrons. The van der Waals surface area contributed by atoms with Gasteiger partial charge in [-0.3, -0.25) is 4.79 Å². The second-order valence-corrected chi connectivity index (χ2v) is 9.94. The third-order valence-electron chi connectivity index (χ3n) is 6.24. The molecule has 190 valence electrons. The zero-order valence-corrected chi connectivity index (χ0v) is 21.0. The number of allylic oxidation sites excluding steroid dienone is 2. The lowest BCUT2D eigenvalue weighted by Crippen LogP contribution is -2.26. The summed E-state index contributed by atoms with van der Waals surface area (Å²) in [4.78, 5) is 35.4. The van der Waals surface area contributed by atoms with E-state index in [1.54, 1.807) is 19.2 Å². The SMILES string of the molecule is CCOC(=O)Oc1[nH]cc2c1NC1=C(C(=O)CCC1)C2c1ccc(Sc2nc3cc(F)c(Cl)cc3[nH]2)o1. The van der Waals surface area contributed by atoms with Gasteiger partial charge < -0.3 is 29.2 Å². The van der Waals surface area contributed by atoms with E-state index in [0.29, 0.717) is 56.7 Å². The molecule has 37 heavy (non-hydrogen) atoms. The van der Waals surface area contributed by atoms with Crippen LogP contribution in [0.3, 0.4) is 0 Å². The van der Waals surface area contributed by atoms with Crippen LogP contribution in [0.25, 0.3) is 11.0 Å². The van der Waals surface area contributed by atoms with E-state index < -0.39 is 17.9 Å². The molecule has 12 heteroatoms. The summed E-state index contributed by atoms with van der Waals surface area (Å²) in [6.07, 6.45) is 2.72. The van der Waals surface area contributed by atoms with Crippen molar-refractivity contribution in [3.63, 3.8) is 0 Å². The molecule has 0 amide bonds. The van der Waals surface area contributed by atoms with Gasteiger partial charge in [0.1, 0.15) is 17.3 Å². The fourth-order valence-corrected chi connectivity index (χ4v) is 5.62. The monoisotopic (exact) mass is 542 g/mol. The van der Waals surface area contributed by atoms with E-state index in [1.807, 2.05) is 6.07 Å². The Morgan fingerprint density at radius 2 is 2.19 bits per heavy atom. The summed E-state index contributed by atoms with van der Waals surface area (Å²) < 4.78 is 30.3. The summed E-state index contributed by atoms with van der Waals surface area (Å²) in [5.41, 5.74) is 3.75. The van der Waals surface area contributed by atoms with Crippen molar-refractivity contribution in [3.8, 4) is 5.88 Å². The molecule has 9 nitrogen and oxygen atoms in total. The number of aromatic nitrogens is 3. The van der Waals surface area contributed by atoms with Crippen molar-refractivity contribution in [2.75, 3.05) is 11.9 Å². The van der Waals surface area contributed by atoms with Crippen LogP contribution in [0.5, 0.6) is 5.88 Å². The third-order valence-corrected chi connectivity index (χ3v) is 7.34. The van der Waals surface area contributed by atoms with Gasteiger partial charge in [-0.2, -0.15) is 0 Å². The molecule has 0 saturated heterocycles. The summed E-state index contributed by atoms with van der Waals surface area (Å²) >= 11 is 7.11. The van der Waals surface area contributed by atoms with Gasteiger partial charge >= 0.3 is 6.16 Å². The summed E-state index contributed by atoms with van der Waals surface area (Å²) in [5.74, 6) is -0.233. The van der Waals surface area contributed by atoms with E-state index in [4.69, 9.17) is 25.5 Å². The van der Waals surface area contributed by atoms with Crippen LogP contribution in [0.15, 0.2) is 56.4 Å². The van der Waals surface area contributed by atoms with Crippen LogP contribution in [0, 0.1) is 5.82 Å². The summed E-state index contributed by atoms with van der Waals surface area (Å²) in [6, 6.07) is 6.36. The molecule has 1 aliphatic heterocycles. The van der Waals surface area contributed by atoms with Gasteiger partial charge in [-0.15, -0.1) is 0 Å². The van der Waals surface area contributed by atoms with Crippen molar-refractivity contribution in [2.45, 2.75) is 42.4 Å². The van der Waals surface area contributed by atoms with Crippen LogP contribution in [0.2, 0.25) is 5.02 Å². The molecule has 0 saturated carbocycles. The Balaban J connectivity index is 1.34. The Labute approximate surface area is 218 Å². The molecule has 3 aromatic heterocycles. The predicted octanol–water partition coefficient (Wildman–Crippen LogP) is 6.53. The van der Waals surface area contributed by atoms with Crippen molar-refractivity contribution in [3.05, 3.63) is 63.9 Å². The number of rotatable bonds is 5. The van der Waals surface area contributed by atoms with Gasteiger partial charge in [0.05, 0.1) is 28.6 Å². The Morgan fingerprint density at radius 3 is 3.03 bits per heavy atom. The number of hydrogen-bond acceptors (Lipinski definition) is 8. The number of halogens is 2. The van der Waals surface area contributed by atoms with Crippen molar-refractivity contribution in [1.29, 1.82) is 0 Å². The molecule has 0 spiro atoms. The minimum atomic E-state index is -0.825. The zero-order valence-electron chi connectivity index (χ0n) is 19.4. The molecular formula is C25H20ClFN4O5S. The van der Waals surface area contributed by atoms with E-state index in [2.05, 4.69) is 20.3 Å². The van der Waals surface area contributed by atoms with Gasteiger partial charge in [-0.1, -0.05) is 11.6 Å². The first-order valence-electron chi connectivity index (χ1n) is 11.6. The van der Waals surface area contributed by atoms with Gasteiger partial charge in [-0.05, 0) is 49.7 Å². The number of H-pyrrole nitrogens is 2. The number of carbonyl (C=O) groups excluding carboxylic acids is 2. The first-order valence-corrected chi connectivity index (χ1v) is 12.8. The summed E-state index contributed by atoms with van der Waals surface area (Å²) in [5, 5.41) is 4.33. The quantitative estimate of drug-likeness (QED) is 0.243. The summed E-state index contributed by atoms with van der Waals surface area (Å²) in [6.45, 7) is 1.87. The predicted molar refractivity (Wildman–Crippen MR) is 134 cm³/mol. The van der Waals surface area contributed by atoms with Gasteiger partial charge in [0, 0.05) is 35.5 Å². The van der Waals surface area contributed by atoms with Crippen molar-refractivity contribution in [1.82, 2.24) is 15.0 Å². The van der Waals surface area contributed by atoms with Crippen LogP contribution in [-0.4, -0.2) is 33.5 Å². The lowest BCUT2D eigenvalue weighted by molar-refractivity contribution is -0.116. The molecule has 1 aliphatic carbocycles. The number of aromatic amines is 2. The number of ketones is 1. The highest BCUT2D eigenvalue weighted by Crippen LogP contribution is 2.49. The average Bonchev–Trinajstić information content (AvgIpc) is 3.58. The van der Waals surface area contributed by atoms with Crippen LogP contribution < -0.4 is 10.1 Å². The zero-order chi connectivity index (χ0) is 25.7. The van der Waals surface area contributed by atoms with E-state index in [-0.39, 0.29) is 23.3 Å². The van der Waals surface area contributed by atoms with E-state index in [1.165, 1.54) is 23.9 Å². The number of carbonyl (C=O) groups is 2. The smallest absolute Gasteiger partial charge is 0.453 e. The topological polar surface area (TPSA) is 122 Å². The number of fused-ring (bicyclic) bond motifs is 2. The highest BCUT2D eigenvalue weighted by atomic mass is 35.5. The standard InChI is InChI=1S/C25H20ClFN4O5S/c1-2-34-25(33)36-23-22-11(10-28-23)20(21-14(29-22)4-3-5-17(21)32)18-6-7-19(35-18)37-24-30-15-8-12(26)13(27)9-16(15)31-24/h6-10,20,28-29H,2-5H2,1H3,(H,30,31). The maximum absolute atomic E-state index is 13.8. The fourth-order valence-electron chi connectivity index (χ4n) is 4.69. The van der Waals surface area contributed by atoms with Gasteiger partial charge in [-0.25, -0.2) is 14.2 Å². The first kappa shape index (κ1) is 23.7. The van der Waals surface area contributed by atoms with E-state index in [9.17, 15) is 14.0 Å². The number of nitrogens with one attached hydrogen (secondary N) is 3. The number of anilines is 1. The number of ether oxygens (including phenoxy) is 2. The van der Waals surface area contributed by atoms with Gasteiger partial charge in [0.15, 0.2) is 16.0 Å². The molecular weight excluding hydrogens is 523 g/mol. The molecule has 0 fully saturated rings. The average molecular weight is 543 g/mol. The highest BCUT2D eigenvalue weighted by molar-refractivity contribution is 7.99. The number of furan rings is 1. The molecule has 4 heterocycles. The minimum Gasteiger partial charge on any atom is -0.453 e. The van der Waals surface area contributed by atoms with Gasteiger partial charge in [0.2, 0.25) is 5.88 Å². The molecule has 0 bridgehead atoms. The Kier molecular flexibility index (Phi) is 5.96. The molecule has 1 atom stereocenters. The fraction of sp³-hybridized carbons (Fsp3) is 0.240. The molecule has 1 unspecified atom stereocenters. The Morgan fingerprint density at radius 1 is 1.32 bits per heavy atom. The normalized spacial score (nSPS) is 16.9. The van der Waals surface area contributed by atoms with Gasteiger partial charge in [0.25, 0.3) is 0 Å². The molecule has 1 aromatic carbocycles. The lowest BCUT2D eigenvalue weighted by atomic mass is 9.79. The highest BCUT2D eigenvalue weighted by Gasteiger charge is 2.39. The van der Waals surface area contributed by atoms with Crippen LogP contribution >= 0.6 is 23.4 Å². The second kappa shape index (κ2) is 9.31. The number of benzene rings is 1. The lowest BCUT2D eigenvalue weighted by Gasteiger charge is -2.31. The molecule has 4 aromatic rings. The van der Waals surface area contributed by atoms with Crippen LogP contribution in [-0.2, 0) is 9.53 Å². The minimum absolute atomic E-state index is 0.00809. The number of Topliss-reactive ketones (excluding diaryl/α,β-unsaturated/α-hetero) is 1. The van der Waals surface area contributed by atoms with Crippen molar-refractivity contribution >= 4 is 52.0 Å². The molecule has 3 N–H and O–H groups in total. The number of hydrogen-bond donors (Lipinski definition) is 3. The third kappa shape index (κ3) is 4.27. The second-order valence-electron chi connectivity index (χ2n) is 8.54. The summed E-state index contributed by atoms with van der Waals surface area (Å²) in [7, 11) is 0. The van der Waals surface area contributed by atoms with Crippen LogP contribution in [0.4, 0.5) is 14.9 Å². The largest absolute Gasteiger partial charge is 0.515 e. The van der Waals surface area contributed by atoms with E-state index >= 15 is 0 Å². The maximum Gasteiger partial charge on any atom is 0.515 e. The van der Waals surface area contributed by atoms with Crippen molar-refractivity contribution < 1.29 is 27.9 Å². The molecule has 6 rings (SSSR count). The maximum atomic E-state index is 13.8.